The van der Waals surface area contributed by atoms with Gasteiger partial charge >= 0.3 is 5.97 Å². The Morgan fingerprint density at radius 1 is 1.08 bits per heavy atom. The van der Waals surface area contributed by atoms with Gasteiger partial charge in [0.1, 0.15) is 6.54 Å². The van der Waals surface area contributed by atoms with E-state index in [0.717, 1.165) is 22.5 Å². The number of rotatable bonds is 5. The first-order valence-electron chi connectivity index (χ1n) is 8.08. The van der Waals surface area contributed by atoms with Gasteiger partial charge in [0.25, 0.3) is 0 Å². The van der Waals surface area contributed by atoms with Gasteiger partial charge in [0.2, 0.25) is 5.91 Å². The lowest BCUT2D eigenvalue weighted by Crippen LogP contribution is -2.40. The summed E-state index contributed by atoms with van der Waals surface area (Å²) in [5, 5.41) is 11.1. The number of carbonyl (C=O) groups excluding carboxylic acids is 1. The van der Waals surface area contributed by atoms with Crippen LogP contribution in [0, 0.1) is 0 Å². The summed E-state index contributed by atoms with van der Waals surface area (Å²) in [6.07, 6.45) is 0. The van der Waals surface area contributed by atoms with Crippen LogP contribution in [0.25, 0.3) is 0 Å². The molecule has 0 fully saturated rings. The second-order valence-corrected chi connectivity index (χ2v) is 5.71. The summed E-state index contributed by atoms with van der Waals surface area (Å²) in [4.78, 5) is 29.3. The summed E-state index contributed by atoms with van der Waals surface area (Å²) in [5.74, 6) is -1.38. The van der Waals surface area contributed by atoms with E-state index in [1.54, 1.807) is 0 Å². The average Bonchev–Trinajstić information content (AvgIpc) is 2.81. The summed E-state index contributed by atoms with van der Waals surface area (Å²) >= 11 is 0. The van der Waals surface area contributed by atoms with Crippen LogP contribution < -0.4 is 10.2 Å². The van der Waals surface area contributed by atoms with E-state index in [2.05, 4.69) is 5.32 Å². The van der Waals surface area contributed by atoms with Crippen molar-refractivity contribution in [2.45, 2.75) is 0 Å². The van der Waals surface area contributed by atoms with Crippen molar-refractivity contribution in [1.82, 2.24) is 5.32 Å². The molecule has 2 aromatic carbocycles. The largest absolute Gasteiger partial charge is 0.480 e. The third kappa shape index (κ3) is 4.03. The van der Waals surface area contributed by atoms with Gasteiger partial charge in [-0.15, -0.1) is 0 Å². The van der Waals surface area contributed by atoms with Gasteiger partial charge in [0, 0.05) is 23.4 Å². The van der Waals surface area contributed by atoms with Gasteiger partial charge < -0.3 is 15.3 Å². The second kappa shape index (κ2) is 7.61. The number of hydrogen-bond donors (Lipinski definition) is 2. The van der Waals surface area contributed by atoms with E-state index in [1.807, 2.05) is 59.5 Å². The minimum atomic E-state index is -1.06. The third-order valence-electron chi connectivity index (χ3n) is 3.96. The quantitative estimate of drug-likeness (QED) is 0.867. The minimum absolute atomic E-state index is 0.0991. The second-order valence-electron chi connectivity index (χ2n) is 5.71. The lowest BCUT2D eigenvalue weighted by molar-refractivity contribution is -0.137. The van der Waals surface area contributed by atoms with E-state index in [1.165, 1.54) is 0 Å². The number of carbonyl (C=O) groups is 2. The van der Waals surface area contributed by atoms with Crippen LogP contribution in [0.5, 0.6) is 0 Å². The first kappa shape index (κ1) is 16.7. The maximum Gasteiger partial charge on any atom is 0.322 e. The van der Waals surface area contributed by atoms with Gasteiger partial charge in [-0.2, -0.15) is 0 Å². The number of carboxylic acid groups (broad SMARTS) is 1. The Hall–Kier alpha value is -3.15. The van der Waals surface area contributed by atoms with Gasteiger partial charge in [-0.1, -0.05) is 48.5 Å². The number of hydrogen-bond acceptors (Lipinski definition) is 4. The minimum Gasteiger partial charge on any atom is -0.480 e. The number of amides is 1. The zero-order chi connectivity index (χ0) is 17.6. The van der Waals surface area contributed by atoms with Gasteiger partial charge in [0.15, 0.2) is 0 Å². The first-order valence-corrected chi connectivity index (χ1v) is 8.08. The lowest BCUT2D eigenvalue weighted by Gasteiger charge is -2.24. The fourth-order valence-electron chi connectivity index (χ4n) is 2.85. The number of benzodiazepines with no additional fused rings is 1. The average molecular weight is 337 g/mol. The predicted molar refractivity (Wildman–Crippen MR) is 96.2 cm³/mol. The molecule has 0 spiro atoms. The van der Waals surface area contributed by atoms with Crippen LogP contribution in [0.4, 0.5) is 5.69 Å². The van der Waals surface area contributed by atoms with Crippen molar-refractivity contribution in [3.05, 3.63) is 65.7 Å². The molecule has 0 saturated heterocycles. The molecule has 0 unspecified atom stereocenters. The van der Waals surface area contributed by atoms with Crippen LogP contribution >= 0.6 is 0 Å². The van der Waals surface area contributed by atoms with Crippen molar-refractivity contribution in [2.75, 3.05) is 31.1 Å². The van der Waals surface area contributed by atoms with Crippen LogP contribution in [0.1, 0.15) is 11.1 Å². The molecule has 6 nitrogen and oxygen atoms in total. The predicted octanol–water partition coefficient (Wildman–Crippen LogP) is 1.54. The topological polar surface area (TPSA) is 82.0 Å². The summed E-state index contributed by atoms with van der Waals surface area (Å²) in [5.41, 5.74) is 3.84. The number of para-hydroxylation sites is 1. The number of fused-ring (bicyclic) bond motifs is 1. The van der Waals surface area contributed by atoms with Crippen molar-refractivity contribution in [1.29, 1.82) is 0 Å². The Morgan fingerprint density at radius 2 is 1.80 bits per heavy atom. The van der Waals surface area contributed by atoms with Crippen LogP contribution in [-0.2, 0) is 9.59 Å². The molecule has 25 heavy (non-hydrogen) atoms. The number of aliphatic carboxylic acids is 1. The molecule has 1 heterocycles. The van der Waals surface area contributed by atoms with E-state index in [0.29, 0.717) is 13.1 Å². The standard InChI is InChI=1S/C19H19N3O3/c23-17(21-12-18(24)25)13-22-11-10-20-19(14-6-2-1-3-7-14)15-8-4-5-9-16(15)22/h1-9H,10-13H2,(H,21,23)(H,24,25). The fraction of sp³-hybridized carbons (Fsp3) is 0.211. The molecule has 0 aromatic heterocycles. The molecule has 0 aliphatic carbocycles. The Kier molecular flexibility index (Phi) is 5.09. The van der Waals surface area contributed by atoms with E-state index < -0.39 is 5.97 Å². The Balaban J connectivity index is 1.86. The highest BCUT2D eigenvalue weighted by Crippen LogP contribution is 2.26. The highest BCUT2D eigenvalue weighted by molar-refractivity contribution is 6.16. The molecule has 1 aliphatic rings. The Morgan fingerprint density at radius 3 is 2.56 bits per heavy atom. The van der Waals surface area contributed by atoms with Crippen molar-refractivity contribution >= 4 is 23.3 Å². The normalized spacial score (nSPS) is 13.4. The molecule has 3 rings (SSSR count). The molecule has 2 aromatic rings. The number of nitrogens with one attached hydrogen (secondary N) is 1. The van der Waals surface area contributed by atoms with E-state index in [4.69, 9.17) is 10.1 Å². The molecule has 0 bridgehead atoms. The van der Waals surface area contributed by atoms with Crippen molar-refractivity contribution < 1.29 is 14.7 Å². The van der Waals surface area contributed by atoms with Gasteiger partial charge in [-0.3, -0.25) is 14.6 Å². The summed E-state index contributed by atoms with van der Waals surface area (Å²) in [6.45, 7) is 0.876. The van der Waals surface area contributed by atoms with E-state index in [-0.39, 0.29) is 19.0 Å². The first-order chi connectivity index (χ1) is 12.1. The smallest absolute Gasteiger partial charge is 0.322 e. The number of nitrogens with zero attached hydrogens (tertiary/aromatic N) is 2. The number of aliphatic imine (C=N–C) groups is 1. The zero-order valence-electron chi connectivity index (χ0n) is 13.7. The molecule has 0 saturated carbocycles. The van der Waals surface area contributed by atoms with Crippen molar-refractivity contribution in [3.8, 4) is 0 Å². The monoisotopic (exact) mass is 337 g/mol. The maximum atomic E-state index is 12.0. The van der Waals surface area contributed by atoms with E-state index >= 15 is 0 Å². The Bertz CT molecular complexity index is 803. The van der Waals surface area contributed by atoms with Gasteiger partial charge in [-0.25, -0.2) is 0 Å². The SMILES string of the molecule is O=C(O)CNC(=O)CN1CCN=C(c2ccccc2)c2ccccc21. The van der Waals surface area contributed by atoms with Crippen LogP contribution in [-0.4, -0.2) is 48.9 Å². The molecule has 6 heteroatoms. The fourth-order valence-corrected chi connectivity index (χ4v) is 2.85. The molecular formula is C19H19N3O3. The summed E-state index contributed by atoms with van der Waals surface area (Å²) in [6, 6.07) is 17.8. The number of anilines is 1. The van der Waals surface area contributed by atoms with Crippen molar-refractivity contribution in [3.63, 3.8) is 0 Å². The molecular weight excluding hydrogens is 318 g/mol. The summed E-state index contributed by atoms with van der Waals surface area (Å²) < 4.78 is 0. The lowest BCUT2D eigenvalue weighted by atomic mass is 10.0. The van der Waals surface area contributed by atoms with Crippen LogP contribution in [0.3, 0.4) is 0 Å². The molecule has 0 atom stereocenters. The summed E-state index contributed by atoms with van der Waals surface area (Å²) in [7, 11) is 0. The number of carboxylic acids is 1. The third-order valence-corrected chi connectivity index (χ3v) is 3.96. The molecule has 128 valence electrons. The molecule has 1 aliphatic heterocycles. The highest BCUT2D eigenvalue weighted by Gasteiger charge is 2.21. The van der Waals surface area contributed by atoms with Crippen LogP contribution in [0.2, 0.25) is 0 Å². The molecule has 2 N–H and O–H groups in total. The van der Waals surface area contributed by atoms with Gasteiger partial charge in [-0.05, 0) is 6.07 Å². The van der Waals surface area contributed by atoms with Crippen LogP contribution in [0.15, 0.2) is 59.6 Å². The number of benzene rings is 2. The zero-order valence-corrected chi connectivity index (χ0v) is 13.7. The van der Waals surface area contributed by atoms with E-state index in [9.17, 15) is 9.59 Å². The van der Waals surface area contributed by atoms with Gasteiger partial charge in [0.05, 0.1) is 18.8 Å². The maximum absolute atomic E-state index is 12.0. The molecule has 0 radical (unpaired) electrons. The highest BCUT2D eigenvalue weighted by atomic mass is 16.4. The van der Waals surface area contributed by atoms with Crippen molar-refractivity contribution in [2.24, 2.45) is 4.99 Å². The molecule has 1 amide bonds. The Labute approximate surface area is 145 Å².